The molecule has 0 bridgehead atoms. The van der Waals surface area contributed by atoms with E-state index in [0.717, 1.165) is 0 Å². The van der Waals surface area contributed by atoms with Gasteiger partial charge in [-0.3, -0.25) is 9.09 Å². The minimum Gasteiger partial charge on any atom is -0.476 e. The molecule has 25 heavy (non-hydrogen) atoms. The molecule has 1 aliphatic rings. The first-order valence-electron chi connectivity index (χ1n) is 7.40. The average molecular weight is 377 g/mol. The molecule has 0 saturated carbocycles. The smallest absolute Gasteiger partial charge is 0.469 e. The Morgan fingerprint density at radius 3 is 3.00 bits per heavy atom. The zero-order valence-electron chi connectivity index (χ0n) is 13.2. The molecule has 2 atom stereocenters. The zero-order chi connectivity index (χ0) is 18.2. The Kier molecular flexibility index (Phi) is 4.64. The number of anilines is 1. The summed E-state index contributed by atoms with van der Waals surface area (Å²) in [5, 5.41) is 0. The number of alkyl halides is 1. The third-order valence-corrected chi connectivity index (χ3v) is 4.02. The summed E-state index contributed by atoms with van der Waals surface area (Å²) in [7, 11) is -4.79. The van der Waals surface area contributed by atoms with E-state index in [1.807, 2.05) is 0 Å². The molecule has 0 aliphatic carbocycles. The summed E-state index contributed by atoms with van der Waals surface area (Å²) in [6.07, 6.45) is 0.706. The van der Waals surface area contributed by atoms with E-state index in [2.05, 4.69) is 19.5 Å². The van der Waals surface area contributed by atoms with Gasteiger partial charge in [-0.25, -0.2) is 13.9 Å². The van der Waals surface area contributed by atoms with Gasteiger partial charge in [0.2, 0.25) is 17.7 Å². The lowest BCUT2D eigenvalue weighted by Gasteiger charge is -2.21. The molecule has 11 nitrogen and oxygen atoms in total. The molecule has 0 radical (unpaired) electrons. The number of nitrogen functional groups attached to an aromatic ring is 1. The Morgan fingerprint density at radius 2 is 2.32 bits per heavy atom. The fourth-order valence-corrected chi connectivity index (χ4v) is 2.90. The van der Waals surface area contributed by atoms with Crippen LogP contribution in [0.3, 0.4) is 0 Å². The van der Waals surface area contributed by atoms with Crippen molar-refractivity contribution in [3.63, 3.8) is 0 Å². The lowest BCUT2D eigenvalue weighted by Crippen LogP contribution is -2.28. The first-order valence-corrected chi connectivity index (χ1v) is 8.93. The van der Waals surface area contributed by atoms with E-state index in [1.165, 1.54) is 10.9 Å². The number of ether oxygens (including phenoxy) is 2. The Morgan fingerprint density at radius 1 is 1.56 bits per heavy atom. The van der Waals surface area contributed by atoms with Gasteiger partial charge in [0.1, 0.15) is 12.8 Å². The Hall–Kier alpha value is -1.85. The first-order chi connectivity index (χ1) is 11.7. The number of phosphoric acid groups is 1. The van der Waals surface area contributed by atoms with E-state index in [1.54, 1.807) is 6.92 Å². The van der Waals surface area contributed by atoms with Crippen molar-refractivity contribution in [3.05, 3.63) is 6.33 Å². The molecule has 2 aromatic heterocycles. The van der Waals surface area contributed by atoms with Crippen LogP contribution in [0.25, 0.3) is 11.2 Å². The number of phosphoric ester groups is 1. The van der Waals surface area contributed by atoms with E-state index >= 15 is 0 Å². The highest BCUT2D eigenvalue weighted by Crippen LogP contribution is 2.43. The van der Waals surface area contributed by atoms with Crippen LogP contribution in [0.5, 0.6) is 5.88 Å². The Bertz CT molecular complexity index is 828. The third kappa shape index (κ3) is 3.88. The number of halogens is 1. The van der Waals surface area contributed by atoms with Crippen molar-refractivity contribution in [1.82, 2.24) is 19.5 Å². The molecular formula is C12H17FN5O6P. The van der Waals surface area contributed by atoms with Crippen molar-refractivity contribution in [3.8, 4) is 5.88 Å². The molecule has 3 heterocycles. The van der Waals surface area contributed by atoms with Gasteiger partial charge in [-0.2, -0.15) is 9.97 Å². The number of aromatic nitrogens is 4. The predicted octanol–water partition coefficient (Wildman–Crippen LogP) is 0.891. The van der Waals surface area contributed by atoms with E-state index < -0.39 is 26.5 Å². The molecule has 2 aromatic rings. The average Bonchev–Trinajstić information content (AvgIpc) is 3.09. The van der Waals surface area contributed by atoms with Crippen molar-refractivity contribution >= 4 is 24.9 Å². The summed E-state index contributed by atoms with van der Waals surface area (Å²) in [5.74, 6) is -2.16. The second-order valence-electron chi connectivity index (χ2n) is 5.40. The molecule has 0 spiro atoms. The molecule has 3 rings (SSSR count). The highest BCUT2D eigenvalue weighted by molar-refractivity contribution is 7.46. The van der Waals surface area contributed by atoms with Gasteiger partial charge in [-0.15, -0.1) is 0 Å². The molecule has 0 amide bonds. The lowest BCUT2D eigenvalue weighted by molar-refractivity contribution is -0.173. The fraction of sp³-hybridized carbons (Fsp3) is 0.583. The van der Waals surface area contributed by atoms with Crippen molar-refractivity contribution in [2.24, 2.45) is 0 Å². The van der Waals surface area contributed by atoms with Gasteiger partial charge in [-0.05, 0) is 13.3 Å². The number of nitrogens with two attached hydrogens (primary N) is 1. The third-order valence-electron chi connectivity index (χ3n) is 3.56. The summed E-state index contributed by atoms with van der Waals surface area (Å²) in [5.41, 5.74) is 6.32. The Labute approximate surface area is 141 Å². The van der Waals surface area contributed by atoms with Crippen molar-refractivity contribution in [1.29, 1.82) is 0 Å². The summed E-state index contributed by atoms with van der Waals surface area (Å²) in [4.78, 5) is 29.6. The largest absolute Gasteiger partial charge is 0.476 e. The highest BCUT2D eigenvalue weighted by atomic mass is 31.2. The molecule has 4 N–H and O–H groups in total. The summed E-state index contributed by atoms with van der Waals surface area (Å²) in [6.45, 7) is 1.24. The van der Waals surface area contributed by atoms with E-state index in [9.17, 15) is 8.96 Å². The summed E-state index contributed by atoms with van der Waals surface area (Å²) >= 11 is 0. The van der Waals surface area contributed by atoms with Gasteiger partial charge in [0.25, 0.3) is 0 Å². The number of imidazole rings is 1. The quantitative estimate of drug-likeness (QED) is 0.618. The maximum absolute atomic E-state index is 14.6. The molecule has 1 aliphatic heterocycles. The van der Waals surface area contributed by atoms with Gasteiger partial charge >= 0.3 is 7.82 Å². The van der Waals surface area contributed by atoms with Crippen LogP contribution in [0.15, 0.2) is 6.33 Å². The van der Waals surface area contributed by atoms with Gasteiger partial charge in [0.15, 0.2) is 11.2 Å². The van der Waals surface area contributed by atoms with Crippen LogP contribution < -0.4 is 10.5 Å². The minimum atomic E-state index is -4.79. The van der Waals surface area contributed by atoms with Gasteiger partial charge in [0.05, 0.1) is 12.9 Å². The molecule has 0 unspecified atom stereocenters. The van der Waals surface area contributed by atoms with Crippen LogP contribution in [0.4, 0.5) is 10.3 Å². The van der Waals surface area contributed by atoms with Crippen LogP contribution in [-0.2, 0) is 13.8 Å². The zero-order valence-corrected chi connectivity index (χ0v) is 14.1. The minimum absolute atomic E-state index is 0.0351. The van der Waals surface area contributed by atoms with E-state index in [4.69, 9.17) is 25.0 Å². The van der Waals surface area contributed by atoms with Gasteiger partial charge in [-0.1, -0.05) is 0 Å². The van der Waals surface area contributed by atoms with Crippen molar-refractivity contribution in [2.45, 2.75) is 31.8 Å². The maximum atomic E-state index is 14.6. The van der Waals surface area contributed by atoms with Crippen LogP contribution in [0, 0.1) is 0 Å². The monoisotopic (exact) mass is 377 g/mol. The summed E-state index contributed by atoms with van der Waals surface area (Å²) < 4.78 is 41.6. The molecular weight excluding hydrogens is 360 g/mol. The fourth-order valence-electron chi connectivity index (χ4n) is 2.54. The number of nitrogens with zero attached hydrogens (tertiary/aromatic N) is 4. The van der Waals surface area contributed by atoms with Crippen LogP contribution in [-0.4, -0.2) is 48.4 Å². The predicted molar refractivity (Wildman–Crippen MR) is 82.1 cm³/mol. The van der Waals surface area contributed by atoms with Gasteiger partial charge in [0, 0.05) is 6.42 Å². The van der Waals surface area contributed by atoms with Crippen LogP contribution >= 0.6 is 7.82 Å². The standard InChI is InChI=1S/C12H17FN5O6P/c1-2-22-10-8-9(16-11(14)17-10)18(6-15-8)7-3-4-12(13,24-7)5-23-25(19,20)21/h6-7H,2-5H2,1H3,(H2,14,16,17)(H2,19,20,21)/t7-,12+/m1/s1. The number of hydrogen-bond donors (Lipinski definition) is 3. The van der Waals surface area contributed by atoms with Gasteiger partial charge < -0.3 is 25.0 Å². The first kappa shape index (κ1) is 18.0. The van der Waals surface area contributed by atoms with Crippen LogP contribution in [0.2, 0.25) is 0 Å². The van der Waals surface area contributed by atoms with Crippen LogP contribution in [0.1, 0.15) is 26.0 Å². The second-order valence-corrected chi connectivity index (χ2v) is 6.64. The maximum Gasteiger partial charge on any atom is 0.469 e. The number of rotatable bonds is 6. The van der Waals surface area contributed by atoms with Crippen molar-refractivity contribution < 1.29 is 32.7 Å². The van der Waals surface area contributed by atoms with E-state index in [0.29, 0.717) is 17.8 Å². The summed E-state index contributed by atoms with van der Waals surface area (Å²) in [6, 6.07) is 0. The lowest BCUT2D eigenvalue weighted by atomic mass is 10.2. The van der Waals surface area contributed by atoms with Crippen molar-refractivity contribution in [2.75, 3.05) is 18.9 Å². The second kappa shape index (κ2) is 6.46. The topological polar surface area (TPSA) is 155 Å². The highest BCUT2D eigenvalue weighted by Gasteiger charge is 2.43. The van der Waals surface area contributed by atoms with E-state index in [-0.39, 0.29) is 24.7 Å². The molecule has 138 valence electrons. The number of hydrogen-bond acceptors (Lipinski definition) is 8. The normalized spacial score (nSPS) is 24.1. The molecule has 1 fully saturated rings. The molecule has 0 aromatic carbocycles. The molecule has 1 saturated heterocycles. The Balaban J connectivity index is 1.85. The molecule has 13 heteroatoms. The number of fused-ring (bicyclic) bond motifs is 1. The SMILES string of the molecule is CCOc1nc(N)nc2c1ncn2[C@H]1CC[C@@](F)(COP(=O)(O)O)O1.